The zero-order chi connectivity index (χ0) is 16.1. The molecular formula is C16H20N2O4S. The molecule has 2 aliphatic heterocycles. The summed E-state index contributed by atoms with van der Waals surface area (Å²) in [6, 6.07) is 0. The third-order valence-electron chi connectivity index (χ3n) is 5.28. The average Bonchev–Trinajstić information content (AvgIpc) is 3.18. The van der Waals surface area contributed by atoms with E-state index in [-0.39, 0.29) is 18.1 Å². The largest absolute Gasteiger partial charge is 0.481 e. The number of carboxylic acid groups (broad SMARTS) is 1. The summed E-state index contributed by atoms with van der Waals surface area (Å²) in [4.78, 5) is 29.9. The van der Waals surface area contributed by atoms with Gasteiger partial charge in [-0.05, 0) is 38.0 Å². The van der Waals surface area contributed by atoms with Crippen LogP contribution in [0, 0.1) is 17.8 Å². The van der Waals surface area contributed by atoms with Gasteiger partial charge in [-0.2, -0.15) is 0 Å². The van der Waals surface area contributed by atoms with Crippen molar-refractivity contribution < 1.29 is 19.4 Å². The molecule has 6 nitrogen and oxygen atoms in total. The lowest BCUT2D eigenvalue weighted by molar-refractivity contribution is -0.147. The summed E-state index contributed by atoms with van der Waals surface area (Å²) in [5, 5.41) is 12.9. The number of hydrogen-bond donors (Lipinski definition) is 2. The molecule has 0 saturated carbocycles. The van der Waals surface area contributed by atoms with Gasteiger partial charge in [0.15, 0.2) is 5.13 Å². The predicted molar refractivity (Wildman–Crippen MR) is 84.4 cm³/mol. The molecule has 0 spiro atoms. The molecule has 3 aliphatic rings. The molecule has 2 fully saturated rings. The van der Waals surface area contributed by atoms with Gasteiger partial charge >= 0.3 is 5.97 Å². The van der Waals surface area contributed by atoms with E-state index in [0.717, 1.165) is 37.8 Å². The first kappa shape index (κ1) is 15.1. The second-order valence-electron chi connectivity index (χ2n) is 6.91. The molecule has 4 rings (SSSR count). The Balaban J connectivity index is 1.51. The SMILES string of the molecule is C[C@@H]1CCc2nc(NC(=O)[C@@H]3[C@@H](C(=O)O)[C@H]4CC[C@@H]3O4)sc2C1. The Kier molecular flexibility index (Phi) is 3.65. The van der Waals surface area contributed by atoms with Gasteiger partial charge in [-0.1, -0.05) is 6.92 Å². The molecule has 23 heavy (non-hydrogen) atoms. The monoisotopic (exact) mass is 336 g/mol. The molecule has 0 aromatic carbocycles. The smallest absolute Gasteiger partial charge is 0.310 e. The molecule has 3 heterocycles. The number of anilines is 1. The van der Waals surface area contributed by atoms with Crippen LogP contribution in [0.3, 0.4) is 0 Å². The standard InChI is InChI=1S/C16H20N2O4S/c1-7-2-3-8-11(6-7)23-16(17-8)18-14(19)12-9-4-5-10(22-9)13(12)15(20)21/h7,9-10,12-13H,2-6H2,1H3,(H,20,21)(H,17,18,19)/t7-,9+,10-,12+,13+/m1/s1. The van der Waals surface area contributed by atoms with E-state index in [2.05, 4.69) is 17.2 Å². The number of carboxylic acids is 1. The van der Waals surface area contributed by atoms with E-state index in [9.17, 15) is 14.7 Å². The van der Waals surface area contributed by atoms with Crippen LogP contribution in [0.1, 0.15) is 36.8 Å². The van der Waals surface area contributed by atoms with Gasteiger partial charge < -0.3 is 15.2 Å². The normalized spacial score (nSPS) is 35.1. The van der Waals surface area contributed by atoms with Crippen LogP contribution in [0.15, 0.2) is 0 Å². The number of aliphatic carboxylic acids is 1. The summed E-state index contributed by atoms with van der Waals surface area (Å²) >= 11 is 1.52. The maximum atomic E-state index is 12.6. The quantitative estimate of drug-likeness (QED) is 0.882. The number of nitrogens with zero attached hydrogens (tertiary/aromatic N) is 1. The van der Waals surface area contributed by atoms with Crippen molar-refractivity contribution in [2.24, 2.45) is 17.8 Å². The first-order valence-electron chi connectivity index (χ1n) is 8.20. The number of carbonyl (C=O) groups excluding carboxylic acids is 1. The van der Waals surface area contributed by atoms with Gasteiger partial charge in [0.1, 0.15) is 0 Å². The van der Waals surface area contributed by atoms with Gasteiger partial charge in [0.2, 0.25) is 5.91 Å². The maximum Gasteiger partial charge on any atom is 0.310 e. The highest BCUT2D eigenvalue weighted by molar-refractivity contribution is 7.15. The number of thiazole rings is 1. The maximum absolute atomic E-state index is 12.6. The van der Waals surface area contributed by atoms with Crippen LogP contribution in [0.5, 0.6) is 0 Å². The van der Waals surface area contributed by atoms with Crippen molar-refractivity contribution in [2.75, 3.05) is 5.32 Å². The lowest BCUT2D eigenvalue weighted by Gasteiger charge is -2.23. The highest BCUT2D eigenvalue weighted by Gasteiger charge is 2.55. The van der Waals surface area contributed by atoms with E-state index in [1.165, 1.54) is 16.2 Å². The third-order valence-corrected chi connectivity index (χ3v) is 6.31. The van der Waals surface area contributed by atoms with Gasteiger partial charge in [0.05, 0.1) is 29.7 Å². The number of aromatic nitrogens is 1. The highest BCUT2D eigenvalue weighted by Crippen LogP contribution is 2.44. The Morgan fingerprint density at radius 2 is 2.00 bits per heavy atom. The number of hydrogen-bond acceptors (Lipinski definition) is 5. The summed E-state index contributed by atoms with van der Waals surface area (Å²) in [5.74, 6) is -1.88. The van der Waals surface area contributed by atoms with Gasteiger partial charge in [0, 0.05) is 4.88 Å². The van der Waals surface area contributed by atoms with Crippen LogP contribution in [-0.4, -0.2) is 34.2 Å². The van der Waals surface area contributed by atoms with Crippen LogP contribution in [-0.2, 0) is 27.2 Å². The summed E-state index contributed by atoms with van der Waals surface area (Å²) in [5.41, 5.74) is 1.09. The number of carbonyl (C=O) groups is 2. The summed E-state index contributed by atoms with van der Waals surface area (Å²) in [6.07, 6.45) is 4.00. The van der Waals surface area contributed by atoms with Crippen molar-refractivity contribution in [2.45, 2.75) is 51.2 Å². The number of fused-ring (bicyclic) bond motifs is 3. The average molecular weight is 336 g/mol. The second-order valence-corrected chi connectivity index (χ2v) is 7.99. The molecule has 1 aromatic rings. The Morgan fingerprint density at radius 3 is 2.74 bits per heavy atom. The van der Waals surface area contributed by atoms with Crippen molar-refractivity contribution in [3.05, 3.63) is 10.6 Å². The minimum absolute atomic E-state index is 0.260. The zero-order valence-electron chi connectivity index (χ0n) is 12.9. The Bertz CT molecular complexity index is 659. The first-order valence-corrected chi connectivity index (χ1v) is 9.02. The number of aryl methyl sites for hydroxylation is 1. The molecule has 1 aliphatic carbocycles. The van der Waals surface area contributed by atoms with Gasteiger partial charge in [-0.3, -0.25) is 9.59 Å². The topological polar surface area (TPSA) is 88.5 Å². The van der Waals surface area contributed by atoms with Gasteiger partial charge in [-0.15, -0.1) is 11.3 Å². The van der Waals surface area contributed by atoms with E-state index >= 15 is 0 Å². The molecule has 2 saturated heterocycles. The van der Waals surface area contributed by atoms with Crippen molar-refractivity contribution in [1.29, 1.82) is 0 Å². The van der Waals surface area contributed by atoms with Crippen LogP contribution < -0.4 is 5.32 Å². The molecule has 1 aromatic heterocycles. The van der Waals surface area contributed by atoms with Crippen molar-refractivity contribution in [3.63, 3.8) is 0 Å². The van der Waals surface area contributed by atoms with E-state index in [4.69, 9.17) is 4.74 Å². The number of nitrogens with one attached hydrogen (secondary N) is 1. The van der Waals surface area contributed by atoms with Crippen LogP contribution in [0.2, 0.25) is 0 Å². The van der Waals surface area contributed by atoms with E-state index in [1.54, 1.807) is 0 Å². The highest BCUT2D eigenvalue weighted by atomic mass is 32.1. The Hall–Kier alpha value is -1.47. The molecule has 5 atom stereocenters. The van der Waals surface area contributed by atoms with E-state index in [0.29, 0.717) is 11.0 Å². The minimum atomic E-state index is -0.940. The van der Waals surface area contributed by atoms with Crippen molar-refractivity contribution in [1.82, 2.24) is 4.98 Å². The van der Waals surface area contributed by atoms with E-state index < -0.39 is 17.8 Å². The van der Waals surface area contributed by atoms with E-state index in [1.807, 2.05) is 0 Å². The molecule has 1 amide bonds. The van der Waals surface area contributed by atoms with Crippen LogP contribution in [0.4, 0.5) is 5.13 Å². The molecule has 2 bridgehead atoms. The lowest BCUT2D eigenvalue weighted by atomic mass is 9.79. The Labute approximate surface area is 138 Å². The molecular weight excluding hydrogens is 316 g/mol. The fraction of sp³-hybridized carbons (Fsp3) is 0.688. The summed E-state index contributed by atoms with van der Waals surface area (Å²) < 4.78 is 5.65. The molecule has 124 valence electrons. The second kappa shape index (κ2) is 5.56. The van der Waals surface area contributed by atoms with Crippen molar-refractivity contribution in [3.8, 4) is 0 Å². The first-order chi connectivity index (χ1) is 11.0. The number of rotatable bonds is 3. The van der Waals surface area contributed by atoms with Crippen molar-refractivity contribution >= 4 is 28.3 Å². The molecule has 0 unspecified atom stereocenters. The Morgan fingerprint density at radius 1 is 1.26 bits per heavy atom. The fourth-order valence-electron chi connectivity index (χ4n) is 4.11. The summed E-state index contributed by atoms with van der Waals surface area (Å²) in [7, 11) is 0. The van der Waals surface area contributed by atoms with Crippen LogP contribution in [0.25, 0.3) is 0 Å². The predicted octanol–water partition coefficient (Wildman–Crippen LogP) is 2.08. The minimum Gasteiger partial charge on any atom is -0.481 e. The van der Waals surface area contributed by atoms with Crippen LogP contribution >= 0.6 is 11.3 Å². The summed E-state index contributed by atoms with van der Waals surface area (Å²) in [6.45, 7) is 2.23. The third kappa shape index (κ3) is 2.55. The van der Waals surface area contributed by atoms with Gasteiger partial charge in [0.25, 0.3) is 0 Å². The molecule has 2 N–H and O–H groups in total. The molecule has 0 radical (unpaired) electrons. The van der Waals surface area contributed by atoms with Gasteiger partial charge in [-0.25, -0.2) is 4.98 Å². The molecule has 7 heteroatoms. The zero-order valence-corrected chi connectivity index (χ0v) is 13.8. The lowest BCUT2D eigenvalue weighted by Crippen LogP contribution is -2.40. The fourth-order valence-corrected chi connectivity index (χ4v) is 5.28. The number of amides is 1. The number of ether oxygens (including phenoxy) is 1.